The molecule has 0 aliphatic rings. The van der Waals surface area contributed by atoms with Crippen LogP contribution in [-0.4, -0.2) is 22.6 Å². The van der Waals surface area contributed by atoms with Crippen LogP contribution in [0.15, 0.2) is 42.7 Å². The minimum atomic E-state index is -0.176. The molecule has 5 heteroatoms. The third-order valence-corrected chi connectivity index (χ3v) is 2.94. The summed E-state index contributed by atoms with van der Waals surface area (Å²) < 4.78 is 0. The molecular formula is C16H16N4O. The van der Waals surface area contributed by atoms with Crippen molar-refractivity contribution >= 4 is 5.91 Å². The molecule has 1 aromatic heterocycles. The largest absolute Gasteiger partial charge is 0.345 e. The lowest BCUT2D eigenvalue weighted by molar-refractivity contribution is 0.0939. The van der Waals surface area contributed by atoms with Gasteiger partial charge in [0, 0.05) is 5.56 Å². The summed E-state index contributed by atoms with van der Waals surface area (Å²) in [4.78, 5) is 12.0. The molecule has 0 fully saturated rings. The van der Waals surface area contributed by atoms with Crippen LogP contribution in [0, 0.1) is 11.8 Å². The third-order valence-electron chi connectivity index (χ3n) is 2.94. The van der Waals surface area contributed by atoms with E-state index in [1.54, 1.807) is 6.07 Å². The van der Waals surface area contributed by atoms with Crippen molar-refractivity contribution < 1.29 is 4.79 Å². The predicted octanol–water partition coefficient (Wildman–Crippen LogP) is 1.28. The van der Waals surface area contributed by atoms with E-state index in [2.05, 4.69) is 27.4 Å². The van der Waals surface area contributed by atoms with Gasteiger partial charge in [-0.3, -0.25) is 4.79 Å². The molecule has 1 unspecified atom stereocenters. The van der Waals surface area contributed by atoms with Gasteiger partial charge in [-0.15, -0.1) is 0 Å². The van der Waals surface area contributed by atoms with Crippen molar-refractivity contribution in [1.82, 2.24) is 15.5 Å². The molecule has 0 radical (unpaired) electrons. The fourth-order valence-electron chi connectivity index (χ4n) is 1.80. The summed E-state index contributed by atoms with van der Waals surface area (Å²) in [7, 11) is 0. The Morgan fingerprint density at radius 3 is 2.67 bits per heavy atom. The molecule has 1 aromatic carbocycles. The smallest absolute Gasteiger partial charge is 0.253 e. The summed E-state index contributed by atoms with van der Waals surface area (Å²) in [5.74, 6) is 5.59. The molecule has 0 spiro atoms. The molecule has 1 amide bonds. The zero-order valence-electron chi connectivity index (χ0n) is 11.7. The summed E-state index contributed by atoms with van der Waals surface area (Å²) in [6.45, 7) is 2.27. The van der Waals surface area contributed by atoms with Gasteiger partial charge in [0.2, 0.25) is 0 Å². The zero-order valence-corrected chi connectivity index (χ0v) is 11.7. The number of carbonyl (C=O) groups is 1. The van der Waals surface area contributed by atoms with E-state index in [1.807, 2.05) is 31.2 Å². The van der Waals surface area contributed by atoms with E-state index in [0.29, 0.717) is 12.1 Å². The average molecular weight is 280 g/mol. The first-order valence-electron chi connectivity index (χ1n) is 6.57. The molecule has 5 nitrogen and oxygen atoms in total. The molecule has 0 aliphatic heterocycles. The normalized spacial score (nSPS) is 11.1. The van der Waals surface area contributed by atoms with Crippen LogP contribution in [0.2, 0.25) is 0 Å². The highest BCUT2D eigenvalue weighted by atomic mass is 16.1. The van der Waals surface area contributed by atoms with E-state index in [9.17, 15) is 4.79 Å². The molecule has 0 saturated heterocycles. The van der Waals surface area contributed by atoms with Gasteiger partial charge in [-0.25, -0.2) is 0 Å². The molecule has 1 atom stereocenters. The Morgan fingerprint density at radius 1 is 1.29 bits per heavy atom. The van der Waals surface area contributed by atoms with E-state index in [-0.39, 0.29) is 11.9 Å². The van der Waals surface area contributed by atoms with Gasteiger partial charge in [0.1, 0.15) is 0 Å². The van der Waals surface area contributed by atoms with Gasteiger partial charge in [0.25, 0.3) is 5.91 Å². The topological polar surface area (TPSA) is 80.9 Å². The Hall–Kier alpha value is -2.71. The summed E-state index contributed by atoms with van der Waals surface area (Å²) in [5, 5.41) is 10.2. The first-order chi connectivity index (χ1) is 10.2. The lowest BCUT2D eigenvalue weighted by Gasteiger charge is -2.14. The van der Waals surface area contributed by atoms with Crippen LogP contribution in [0.25, 0.3) is 0 Å². The Morgan fingerprint density at radius 2 is 2.05 bits per heavy atom. The van der Waals surface area contributed by atoms with Gasteiger partial charge < -0.3 is 11.1 Å². The summed E-state index contributed by atoms with van der Waals surface area (Å²) in [6, 6.07) is 9.22. The molecule has 3 N–H and O–H groups in total. The van der Waals surface area contributed by atoms with E-state index in [4.69, 9.17) is 5.73 Å². The number of hydrogen-bond acceptors (Lipinski definition) is 4. The van der Waals surface area contributed by atoms with Gasteiger partial charge in [0.05, 0.1) is 30.5 Å². The van der Waals surface area contributed by atoms with Crippen LogP contribution in [0.1, 0.15) is 34.5 Å². The Bertz CT molecular complexity index is 656. The first-order valence-corrected chi connectivity index (χ1v) is 6.57. The van der Waals surface area contributed by atoms with E-state index >= 15 is 0 Å². The second-order valence-electron chi connectivity index (χ2n) is 4.45. The maximum absolute atomic E-state index is 12.0. The minimum Gasteiger partial charge on any atom is -0.345 e. The van der Waals surface area contributed by atoms with Crippen molar-refractivity contribution in [2.24, 2.45) is 5.73 Å². The summed E-state index contributed by atoms with van der Waals surface area (Å²) in [6.07, 6.45) is 2.93. The number of carbonyl (C=O) groups excluding carboxylic acids is 1. The van der Waals surface area contributed by atoms with E-state index in [1.165, 1.54) is 12.4 Å². The Kier molecular flexibility index (Phi) is 5.02. The number of aromatic nitrogens is 2. The molecule has 0 bridgehead atoms. The molecule has 106 valence electrons. The van der Waals surface area contributed by atoms with E-state index < -0.39 is 0 Å². The number of nitrogens with one attached hydrogen (secondary N) is 1. The number of benzene rings is 1. The minimum absolute atomic E-state index is 0.109. The van der Waals surface area contributed by atoms with Gasteiger partial charge >= 0.3 is 0 Å². The third kappa shape index (κ3) is 4.13. The number of hydrogen-bond donors (Lipinski definition) is 2. The van der Waals surface area contributed by atoms with E-state index in [0.717, 1.165) is 11.1 Å². The fraction of sp³-hybridized carbons (Fsp3) is 0.188. The molecule has 0 saturated carbocycles. The van der Waals surface area contributed by atoms with Crippen molar-refractivity contribution in [2.45, 2.75) is 13.0 Å². The maximum Gasteiger partial charge on any atom is 0.253 e. The predicted molar refractivity (Wildman–Crippen MR) is 80.3 cm³/mol. The first kappa shape index (κ1) is 14.7. The van der Waals surface area contributed by atoms with Crippen molar-refractivity contribution in [1.29, 1.82) is 0 Å². The van der Waals surface area contributed by atoms with Gasteiger partial charge in [-0.05, 0) is 30.7 Å². The van der Waals surface area contributed by atoms with Crippen LogP contribution in [0.4, 0.5) is 0 Å². The molecule has 21 heavy (non-hydrogen) atoms. The second kappa shape index (κ2) is 7.17. The maximum atomic E-state index is 12.0. The van der Waals surface area contributed by atoms with Gasteiger partial charge in [-0.2, -0.15) is 10.2 Å². The number of amides is 1. The fourth-order valence-corrected chi connectivity index (χ4v) is 1.80. The monoisotopic (exact) mass is 280 g/mol. The number of nitrogens with zero attached hydrogens (tertiary/aromatic N) is 2. The lowest BCUT2D eigenvalue weighted by atomic mass is 10.1. The number of rotatable bonds is 3. The molecule has 0 aliphatic carbocycles. The zero-order chi connectivity index (χ0) is 15.1. The van der Waals surface area contributed by atoms with Gasteiger partial charge in [-0.1, -0.05) is 24.0 Å². The molecular weight excluding hydrogens is 264 g/mol. The molecule has 1 heterocycles. The highest BCUT2D eigenvalue weighted by Gasteiger charge is 2.11. The molecule has 2 aromatic rings. The summed E-state index contributed by atoms with van der Waals surface area (Å²) >= 11 is 0. The highest BCUT2D eigenvalue weighted by Crippen LogP contribution is 2.13. The van der Waals surface area contributed by atoms with Crippen LogP contribution in [-0.2, 0) is 0 Å². The van der Waals surface area contributed by atoms with Gasteiger partial charge in [0.15, 0.2) is 0 Å². The van der Waals surface area contributed by atoms with Crippen molar-refractivity contribution in [3.63, 3.8) is 0 Å². The quantitative estimate of drug-likeness (QED) is 0.830. The lowest BCUT2D eigenvalue weighted by Crippen LogP contribution is -2.26. The Balaban J connectivity index is 2.03. The Labute approximate surface area is 123 Å². The van der Waals surface area contributed by atoms with Crippen LogP contribution >= 0.6 is 0 Å². The van der Waals surface area contributed by atoms with Crippen LogP contribution < -0.4 is 11.1 Å². The SMILES string of the molecule is CC(NC(=O)c1ccnnc1)c1ccc(C#CCN)cc1. The van der Waals surface area contributed by atoms with Crippen molar-refractivity contribution in [3.8, 4) is 11.8 Å². The molecule has 2 rings (SSSR count). The van der Waals surface area contributed by atoms with Crippen molar-refractivity contribution in [2.75, 3.05) is 6.54 Å². The van der Waals surface area contributed by atoms with Crippen LogP contribution in [0.5, 0.6) is 0 Å². The summed E-state index contributed by atoms with van der Waals surface area (Å²) in [5.41, 5.74) is 7.73. The average Bonchev–Trinajstić information content (AvgIpc) is 2.54. The van der Waals surface area contributed by atoms with Crippen LogP contribution in [0.3, 0.4) is 0 Å². The highest BCUT2D eigenvalue weighted by molar-refractivity contribution is 5.93. The van der Waals surface area contributed by atoms with Crippen molar-refractivity contribution in [3.05, 3.63) is 59.4 Å². The number of nitrogens with two attached hydrogens (primary N) is 1. The standard InChI is InChI=1S/C16H16N4O/c1-12(20-16(21)15-8-10-18-19-11-15)14-6-4-13(5-7-14)3-2-9-17/h4-8,10-12H,9,17H2,1H3,(H,20,21). The second-order valence-corrected chi connectivity index (χ2v) is 4.45.